The smallest absolute Gasteiger partial charge is 0.347 e. The third-order valence-electron chi connectivity index (χ3n) is 4.14. The first-order valence-corrected chi connectivity index (χ1v) is 9.26. The lowest BCUT2D eigenvalue weighted by atomic mass is 10.2. The van der Waals surface area contributed by atoms with Crippen LogP contribution in [0.1, 0.15) is 29.3 Å². The molecule has 0 spiro atoms. The molecule has 2 aromatic carbocycles. The molecule has 0 bridgehead atoms. The zero-order valence-corrected chi connectivity index (χ0v) is 17.1. The van der Waals surface area contributed by atoms with Crippen molar-refractivity contribution < 1.29 is 38.1 Å². The monoisotopic (exact) mass is 416 g/mol. The van der Waals surface area contributed by atoms with Gasteiger partial charge in [0.25, 0.3) is 0 Å². The molecule has 2 aromatic rings. The van der Waals surface area contributed by atoms with Crippen LogP contribution >= 0.6 is 0 Å². The average molecular weight is 416 g/mol. The second-order valence-electron chi connectivity index (χ2n) is 6.12. The van der Waals surface area contributed by atoms with Crippen LogP contribution in [0.2, 0.25) is 0 Å². The van der Waals surface area contributed by atoms with Gasteiger partial charge < -0.3 is 23.7 Å². The number of hydrogen-bond donors (Lipinski definition) is 0. The van der Waals surface area contributed by atoms with Crippen LogP contribution in [-0.2, 0) is 25.7 Å². The summed E-state index contributed by atoms with van der Waals surface area (Å²) in [5, 5.41) is 0. The van der Waals surface area contributed by atoms with Gasteiger partial charge in [-0.2, -0.15) is 0 Å². The number of ether oxygens (including phenoxy) is 5. The largest absolute Gasteiger partial charge is 0.485 e. The van der Waals surface area contributed by atoms with Crippen molar-refractivity contribution in [3.8, 4) is 17.2 Å². The summed E-state index contributed by atoms with van der Waals surface area (Å²) in [5.74, 6) is 0.0206. The van der Waals surface area contributed by atoms with Gasteiger partial charge in [0.1, 0.15) is 18.6 Å². The molecule has 0 aliphatic heterocycles. The summed E-state index contributed by atoms with van der Waals surface area (Å²) < 4.78 is 26.4. The van der Waals surface area contributed by atoms with Gasteiger partial charge in [0.05, 0.1) is 14.2 Å². The van der Waals surface area contributed by atoms with Gasteiger partial charge in [-0.1, -0.05) is 25.1 Å². The first kappa shape index (κ1) is 22.7. The fraction of sp³-hybridized carbons (Fsp3) is 0.318. The number of hydrogen-bond acceptors (Lipinski definition) is 8. The van der Waals surface area contributed by atoms with Crippen molar-refractivity contribution in [3.63, 3.8) is 0 Å². The minimum atomic E-state index is -0.838. The lowest BCUT2D eigenvalue weighted by Crippen LogP contribution is -2.28. The number of rotatable bonds is 11. The highest BCUT2D eigenvalue weighted by Gasteiger charge is 2.21. The van der Waals surface area contributed by atoms with Crippen molar-refractivity contribution in [2.24, 2.45) is 0 Å². The van der Waals surface area contributed by atoms with E-state index in [-0.39, 0.29) is 19.0 Å². The third kappa shape index (κ3) is 6.23. The molecule has 0 aliphatic rings. The van der Waals surface area contributed by atoms with E-state index in [1.807, 2.05) is 0 Å². The predicted molar refractivity (Wildman–Crippen MR) is 107 cm³/mol. The Balaban J connectivity index is 2.20. The van der Waals surface area contributed by atoms with Crippen LogP contribution in [0.4, 0.5) is 0 Å². The summed E-state index contributed by atoms with van der Waals surface area (Å²) in [4.78, 5) is 34.4. The zero-order valence-electron chi connectivity index (χ0n) is 17.1. The van der Waals surface area contributed by atoms with Crippen LogP contribution in [0.15, 0.2) is 42.5 Å². The van der Waals surface area contributed by atoms with Crippen LogP contribution in [-0.4, -0.2) is 45.2 Å². The molecule has 0 fully saturated rings. The van der Waals surface area contributed by atoms with Crippen LogP contribution in [0, 0.1) is 0 Å². The SMILES string of the molecule is CCC(Oc1cc(C=O)ccc1OCc1ccccc1OCC(=O)OC)C(=O)OC. The second-order valence-corrected chi connectivity index (χ2v) is 6.12. The van der Waals surface area contributed by atoms with E-state index in [1.54, 1.807) is 43.3 Å². The molecule has 0 saturated heterocycles. The maximum Gasteiger partial charge on any atom is 0.347 e. The minimum absolute atomic E-state index is 0.100. The highest BCUT2D eigenvalue weighted by Crippen LogP contribution is 2.31. The Labute approximate surface area is 174 Å². The summed E-state index contributed by atoms with van der Waals surface area (Å²) in [6.07, 6.45) is 0.211. The van der Waals surface area contributed by atoms with E-state index in [0.717, 1.165) is 0 Å². The van der Waals surface area contributed by atoms with Crippen molar-refractivity contribution in [1.29, 1.82) is 0 Å². The molecule has 0 radical (unpaired) electrons. The highest BCUT2D eigenvalue weighted by molar-refractivity contribution is 5.77. The van der Waals surface area contributed by atoms with Gasteiger partial charge in [-0.05, 0) is 30.7 Å². The predicted octanol–water partition coefficient (Wildman–Crippen LogP) is 2.96. The first-order valence-electron chi connectivity index (χ1n) is 9.26. The number of esters is 2. The zero-order chi connectivity index (χ0) is 21.9. The minimum Gasteiger partial charge on any atom is -0.485 e. The molecule has 2 rings (SSSR count). The summed E-state index contributed by atoms with van der Waals surface area (Å²) in [7, 11) is 2.56. The van der Waals surface area contributed by atoms with Gasteiger partial charge in [-0.15, -0.1) is 0 Å². The number of carbonyl (C=O) groups excluding carboxylic acids is 3. The van der Waals surface area contributed by atoms with Crippen molar-refractivity contribution in [3.05, 3.63) is 53.6 Å². The summed E-state index contributed by atoms with van der Waals surface area (Å²) in [6.45, 7) is 1.65. The summed E-state index contributed by atoms with van der Waals surface area (Å²) in [5.41, 5.74) is 1.06. The quantitative estimate of drug-likeness (QED) is 0.407. The maximum atomic E-state index is 11.9. The van der Waals surface area contributed by atoms with Crippen LogP contribution < -0.4 is 14.2 Å². The van der Waals surface area contributed by atoms with Gasteiger partial charge >= 0.3 is 11.9 Å². The Morgan fingerprint density at radius 3 is 2.40 bits per heavy atom. The van der Waals surface area contributed by atoms with E-state index >= 15 is 0 Å². The standard InChI is InChI=1S/C22H24O8/c1-4-17(22(25)27-3)30-20-11-15(12-23)9-10-19(20)28-13-16-7-5-6-8-18(16)29-14-21(24)26-2/h5-12,17H,4,13-14H2,1-3H3. The Kier molecular flexibility index (Phi) is 8.68. The molecule has 0 heterocycles. The lowest BCUT2D eigenvalue weighted by Gasteiger charge is -2.19. The molecular formula is C22H24O8. The van der Waals surface area contributed by atoms with Gasteiger partial charge in [0.15, 0.2) is 24.2 Å². The van der Waals surface area contributed by atoms with Crippen molar-refractivity contribution in [1.82, 2.24) is 0 Å². The average Bonchev–Trinajstić information content (AvgIpc) is 2.79. The Morgan fingerprint density at radius 2 is 1.73 bits per heavy atom. The molecule has 0 aromatic heterocycles. The molecule has 0 saturated carbocycles. The van der Waals surface area contributed by atoms with E-state index in [9.17, 15) is 14.4 Å². The van der Waals surface area contributed by atoms with Crippen molar-refractivity contribution in [2.45, 2.75) is 26.1 Å². The molecule has 8 heteroatoms. The van der Waals surface area contributed by atoms with Crippen LogP contribution in [0.25, 0.3) is 0 Å². The van der Waals surface area contributed by atoms with Crippen LogP contribution in [0.3, 0.4) is 0 Å². The third-order valence-corrected chi connectivity index (χ3v) is 4.14. The molecule has 8 nitrogen and oxygen atoms in total. The number of benzene rings is 2. The fourth-order valence-electron chi connectivity index (χ4n) is 2.51. The molecule has 1 atom stereocenters. The van der Waals surface area contributed by atoms with E-state index in [0.29, 0.717) is 35.3 Å². The topological polar surface area (TPSA) is 97.4 Å². The second kappa shape index (κ2) is 11.5. The van der Waals surface area contributed by atoms with E-state index < -0.39 is 18.0 Å². The molecule has 0 aliphatic carbocycles. The Morgan fingerprint density at radius 1 is 0.967 bits per heavy atom. The number of aldehydes is 1. The van der Waals surface area contributed by atoms with Gasteiger partial charge in [-0.3, -0.25) is 4.79 Å². The van der Waals surface area contributed by atoms with E-state index in [2.05, 4.69) is 4.74 Å². The molecule has 1 unspecified atom stereocenters. The molecule has 160 valence electrons. The molecule has 0 amide bonds. The van der Waals surface area contributed by atoms with Gasteiger partial charge in [-0.25, -0.2) is 9.59 Å². The molecular weight excluding hydrogens is 392 g/mol. The molecule has 0 N–H and O–H groups in total. The van der Waals surface area contributed by atoms with Gasteiger partial charge in [0.2, 0.25) is 0 Å². The number of para-hydroxylation sites is 1. The Hall–Kier alpha value is -3.55. The molecule has 30 heavy (non-hydrogen) atoms. The number of methoxy groups -OCH3 is 2. The lowest BCUT2D eigenvalue weighted by molar-refractivity contribution is -0.149. The highest BCUT2D eigenvalue weighted by atomic mass is 16.6. The number of carbonyl (C=O) groups is 3. The van der Waals surface area contributed by atoms with E-state index in [1.165, 1.54) is 20.3 Å². The van der Waals surface area contributed by atoms with Crippen LogP contribution in [0.5, 0.6) is 17.2 Å². The fourth-order valence-corrected chi connectivity index (χ4v) is 2.51. The summed E-state index contributed by atoms with van der Waals surface area (Å²) in [6, 6.07) is 11.7. The maximum absolute atomic E-state index is 11.9. The normalized spacial score (nSPS) is 11.2. The van der Waals surface area contributed by atoms with Gasteiger partial charge in [0, 0.05) is 11.1 Å². The van der Waals surface area contributed by atoms with Crippen molar-refractivity contribution in [2.75, 3.05) is 20.8 Å². The first-order chi connectivity index (χ1) is 14.5. The summed E-state index contributed by atoms with van der Waals surface area (Å²) >= 11 is 0. The van der Waals surface area contributed by atoms with Crippen molar-refractivity contribution >= 4 is 18.2 Å². The van der Waals surface area contributed by atoms with E-state index in [4.69, 9.17) is 18.9 Å². The Bertz CT molecular complexity index is 877.